The van der Waals surface area contributed by atoms with Crippen LogP contribution in [0.2, 0.25) is 0 Å². The van der Waals surface area contributed by atoms with Crippen LogP contribution in [-0.4, -0.2) is 13.3 Å². The smallest absolute Gasteiger partial charge is 0.255 e. The topological polar surface area (TPSA) is 43.4 Å². The molecule has 0 radical (unpaired) electrons. The van der Waals surface area contributed by atoms with E-state index >= 15 is 0 Å². The highest BCUT2D eigenvalue weighted by Crippen LogP contribution is 2.32. The van der Waals surface area contributed by atoms with Gasteiger partial charge in [-0.25, -0.2) is 0 Å². The molecule has 2 aromatic carbocycles. The molecule has 1 unspecified atom stereocenters. The van der Waals surface area contributed by atoms with E-state index in [0.717, 1.165) is 4.47 Å². The van der Waals surface area contributed by atoms with Crippen LogP contribution < -0.4 is 0 Å². The lowest BCUT2D eigenvalue weighted by Gasteiger charge is -2.19. The third kappa shape index (κ3) is 4.44. The van der Waals surface area contributed by atoms with Gasteiger partial charge in [-0.15, -0.1) is 23.2 Å². The molecule has 0 aliphatic rings. The molecule has 0 aliphatic heterocycles. The molecular formula is C14H11BrCl2O3S. The van der Waals surface area contributed by atoms with Gasteiger partial charge in [-0.3, -0.25) is 4.18 Å². The molecule has 0 N–H and O–H groups in total. The Kier molecular flexibility index (Phi) is 5.68. The van der Waals surface area contributed by atoms with Crippen molar-refractivity contribution in [2.75, 3.05) is 0 Å². The van der Waals surface area contributed by atoms with Crippen molar-refractivity contribution < 1.29 is 12.6 Å². The van der Waals surface area contributed by atoms with Crippen LogP contribution in [0.4, 0.5) is 0 Å². The first-order valence-electron chi connectivity index (χ1n) is 5.92. The largest absolute Gasteiger partial charge is 0.297 e. The van der Waals surface area contributed by atoms with E-state index in [0.29, 0.717) is 5.56 Å². The van der Waals surface area contributed by atoms with E-state index in [1.54, 1.807) is 42.5 Å². The summed E-state index contributed by atoms with van der Waals surface area (Å²) in [6.45, 7) is 0. The van der Waals surface area contributed by atoms with E-state index in [4.69, 9.17) is 27.4 Å². The number of benzene rings is 2. The molecule has 1 atom stereocenters. The van der Waals surface area contributed by atoms with Gasteiger partial charge in [0.2, 0.25) is 0 Å². The van der Waals surface area contributed by atoms with Crippen molar-refractivity contribution in [1.29, 1.82) is 0 Å². The van der Waals surface area contributed by atoms with Crippen molar-refractivity contribution in [3.05, 3.63) is 64.6 Å². The number of alkyl halides is 2. The Morgan fingerprint density at radius 3 is 2.05 bits per heavy atom. The highest BCUT2D eigenvalue weighted by atomic mass is 79.9. The fourth-order valence-corrected chi connectivity index (χ4v) is 3.55. The van der Waals surface area contributed by atoms with Gasteiger partial charge in [0, 0.05) is 4.47 Å². The first-order chi connectivity index (χ1) is 9.90. The second kappa shape index (κ2) is 7.11. The maximum Gasteiger partial charge on any atom is 0.297 e. The molecule has 0 aromatic heterocycles. The number of hydrogen-bond donors (Lipinski definition) is 0. The minimum absolute atomic E-state index is 0.0566. The summed E-state index contributed by atoms with van der Waals surface area (Å²) < 4.78 is 30.5. The lowest BCUT2D eigenvalue weighted by Crippen LogP contribution is -2.17. The van der Waals surface area contributed by atoms with E-state index in [1.165, 1.54) is 12.1 Å². The van der Waals surface area contributed by atoms with Crippen molar-refractivity contribution in [1.82, 2.24) is 0 Å². The molecule has 0 saturated heterocycles. The molecule has 7 heteroatoms. The molecule has 2 aromatic rings. The van der Waals surface area contributed by atoms with Gasteiger partial charge >= 0.3 is 0 Å². The van der Waals surface area contributed by atoms with E-state index in [2.05, 4.69) is 15.9 Å². The quantitative estimate of drug-likeness (QED) is 0.531. The molecule has 2 rings (SSSR count). The van der Waals surface area contributed by atoms with Crippen molar-refractivity contribution in [2.24, 2.45) is 0 Å². The first-order valence-corrected chi connectivity index (χ1v) is 8.99. The molecule has 0 amide bonds. The predicted molar refractivity (Wildman–Crippen MR) is 87.1 cm³/mol. The summed E-state index contributed by atoms with van der Waals surface area (Å²) in [4.78, 5) is -0.967. The van der Waals surface area contributed by atoms with Gasteiger partial charge in [-0.2, -0.15) is 8.42 Å². The summed E-state index contributed by atoms with van der Waals surface area (Å²) in [6, 6.07) is 14.8. The Labute approximate surface area is 142 Å². The van der Waals surface area contributed by atoms with Crippen LogP contribution >= 0.6 is 39.1 Å². The molecule has 3 nitrogen and oxygen atoms in total. The van der Waals surface area contributed by atoms with Crippen molar-refractivity contribution >= 4 is 49.2 Å². The number of halogens is 3. The van der Waals surface area contributed by atoms with Crippen LogP contribution in [0.3, 0.4) is 0 Å². The summed E-state index contributed by atoms with van der Waals surface area (Å²) in [5, 5.41) is 0. The predicted octanol–water partition coefficient (Wildman–Crippen LogP) is 4.70. The van der Waals surface area contributed by atoms with Gasteiger partial charge in [-0.05, 0) is 29.8 Å². The van der Waals surface area contributed by atoms with Gasteiger partial charge < -0.3 is 0 Å². The summed E-state index contributed by atoms with van der Waals surface area (Å²) in [5.74, 6) is 0. The Morgan fingerprint density at radius 1 is 0.952 bits per heavy atom. The van der Waals surface area contributed by atoms with Crippen LogP contribution in [0.25, 0.3) is 0 Å². The lowest BCUT2D eigenvalue weighted by atomic mass is 10.1. The van der Waals surface area contributed by atoms with E-state index < -0.39 is 21.1 Å². The van der Waals surface area contributed by atoms with Crippen LogP contribution in [0, 0.1) is 0 Å². The fourth-order valence-electron chi connectivity index (χ4n) is 1.67. The van der Waals surface area contributed by atoms with Crippen LogP contribution in [0.15, 0.2) is 64.0 Å². The van der Waals surface area contributed by atoms with Crippen LogP contribution in [-0.2, 0) is 14.3 Å². The van der Waals surface area contributed by atoms with Crippen molar-refractivity contribution in [2.45, 2.75) is 15.8 Å². The van der Waals surface area contributed by atoms with Gasteiger partial charge in [0.25, 0.3) is 10.1 Å². The Morgan fingerprint density at radius 2 is 1.52 bits per heavy atom. The molecule has 112 valence electrons. The Bertz CT molecular complexity index is 688. The minimum atomic E-state index is -3.94. The summed E-state index contributed by atoms with van der Waals surface area (Å²) >= 11 is 15.1. The standard InChI is InChI=1S/C14H11BrCl2O3S/c15-11-8-6-10(7-9-11)13(14(16)17)20-21(18,19)12-4-2-1-3-5-12/h1-9,13-14H. The molecule has 0 bridgehead atoms. The highest BCUT2D eigenvalue weighted by Gasteiger charge is 2.28. The molecule has 0 spiro atoms. The van der Waals surface area contributed by atoms with Gasteiger partial charge in [0.1, 0.15) is 10.9 Å². The summed E-state index contributed by atoms with van der Waals surface area (Å²) in [7, 11) is -3.94. The fraction of sp³-hybridized carbons (Fsp3) is 0.143. The number of rotatable bonds is 5. The first kappa shape index (κ1) is 16.8. The van der Waals surface area contributed by atoms with Crippen LogP contribution in [0.1, 0.15) is 11.7 Å². The SMILES string of the molecule is O=S(=O)(OC(c1ccc(Br)cc1)C(Cl)Cl)c1ccccc1. The third-order valence-electron chi connectivity index (χ3n) is 2.69. The zero-order valence-corrected chi connectivity index (χ0v) is 14.5. The minimum Gasteiger partial charge on any atom is -0.255 e. The van der Waals surface area contributed by atoms with Crippen molar-refractivity contribution in [3.8, 4) is 0 Å². The zero-order valence-electron chi connectivity index (χ0n) is 10.6. The number of hydrogen-bond acceptors (Lipinski definition) is 3. The van der Waals surface area contributed by atoms with Gasteiger partial charge in [0.05, 0.1) is 4.90 Å². The Hall–Kier alpha value is -0.590. The Balaban J connectivity index is 2.31. The maximum absolute atomic E-state index is 12.2. The summed E-state index contributed by atoms with van der Waals surface area (Å²) in [5.41, 5.74) is 0.577. The highest BCUT2D eigenvalue weighted by molar-refractivity contribution is 9.10. The molecule has 0 fully saturated rings. The molecule has 0 heterocycles. The molecular weight excluding hydrogens is 399 g/mol. The van der Waals surface area contributed by atoms with Gasteiger partial charge in [0.15, 0.2) is 0 Å². The van der Waals surface area contributed by atoms with Crippen molar-refractivity contribution in [3.63, 3.8) is 0 Å². The second-order valence-corrected chi connectivity index (χ2v) is 7.82. The van der Waals surface area contributed by atoms with E-state index in [-0.39, 0.29) is 4.90 Å². The monoisotopic (exact) mass is 408 g/mol. The normalized spacial score (nSPS) is 13.3. The average molecular weight is 410 g/mol. The van der Waals surface area contributed by atoms with Crippen LogP contribution in [0.5, 0.6) is 0 Å². The van der Waals surface area contributed by atoms with E-state index in [1.807, 2.05) is 0 Å². The summed E-state index contributed by atoms with van der Waals surface area (Å²) in [6.07, 6.45) is -0.980. The molecule has 0 saturated carbocycles. The van der Waals surface area contributed by atoms with Gasteiger partial charge in [-0.1, -0.05) is 46.3 Å². The van der Waals surface area contributed by atoms with E-state index in [9.17, 15) is 8.42 Å². The zero-order chi connectivity index (χ0) is 15.5. The lowest BCUT2D eigenvalue weighted by molar-refractivity contribution is 0.228. The molecule has 21 heavy (non-hydrogen) atoms. The third-order valence-corrected chi connectivity index (χ3v) is 4.99. The second-order valence-electron chi connectivity index (χ2n) is 4.17. The maximum atomic E-state index is 12.2. The molecule has 0 aliphatic carbocycles. The average Bonchev–Trinajstić information content (AvgIpc) is 2.47.